The molecule has 2 heterocycles. The number of anilines is 1. The number of likely N-dealkylation sites (N-methyl/N-ethyl adjacent to an activating group) is 1. The Morgan fingerprint density at radius 1 is 1.18 bits per heavy atom. The van der Waals surface area contributed by atoms with Crippen molar-refractivity contribution in [1.82, 2.24) is 15.1 Å². The molecule has 0 radical (unpaired) electrons. The van der Waals surface area contributed by atoms with Gasteiger partial charge in [-0.1, -0.05) is 0 Å². The number of hydrogen-bond donors (Lipinski definition) is 2. The van der Waals surface area contributed by atoms with Crippen LogP contribution in [0.5, 0.6) is 5.75 Å². The van der Waals surface area contributed by atoms with Crippen molar-refractivity contribution in [2.24, 2.45) is 5.92 Å². The van der Waals surface area contributed by atoms with E-state index in [0.29, 0.717) is 23.5 Å². The number of carbonyl (C=O) groups is 2. The van der Waals surface area contributed by atoms with E-state index in [9.17, 15) is 9.59 Å². The molecule has 158 valence electrons. The largest absolute Gasteiger partial charge is 0.495 e. The Balaban J connectivity index is 0.00000196. The van der Waals surface area contributed by atoms with E-state index >= 15 is 0 Å². The lowest BCUT2D eigenvalue weighted by molar-refractivity contribution is -0.120. The number of ether oxygens (including phenoxy) is 1. The van der Waals surface area contributed by atoms with Gasteiger partial charge in [0.2, 0.25) is 5.91 Å². The first-order valence-corrected chi connectivity index (χ1v) is 9.26. The Hall–Kier alpha value is -1.54. The van der Waals surface area contributed by atoms with Gasteiger partial charge in [0.05, 0.1) is 18.7 Å². The highest BCUT2D eigenvalue weighted by Crippen LogP contribution is 2.27. The molecular weight excluding hydrogens is 403 g/mol. The molecule has 28 heavy (non-hydrogen) atoms. The molecule has 0 aliphatic carbocycles. The minimum absolute atomic E-state index is 0. The molecule has 2 saturated heterocycles. The van der Waals surface area contributed by atoms with Crippen LogP contribution < -0.4 is 15.4 Å². The summed E-state index contributed by atoms with van der Waals surface area (Å²) in [7, 11) is 3.62. The van der Waals surface area contributed by atoms with Crippen molar-refractivity contribution in [1.29, 1.82) is 0 Å². The third kappa shape index (κ3) is 5.98. The number of methoxy groups -OCH3 is 1. The molecule has 7 nitrogen and oxygen atoms in total. The predicted molar refractivity (Wildman–Crippen MR) is 115 cm³/mol. The third-order valence-electron chi connectivity index (χ3n) is 5.16. The molecule has 2 fully saturated rings. The van der Waals surface area contributed by atoms with Crippen LogP contribution in [0.3, 0.4) is 0 Å². The molecular formula is C19H30Cl2N4O3. The summed E-state index contributed by atoms with van der Waals surface area (Å²) in [6, 6.07) is 5.24. The molecule has 2 N–H and O–H groups in total. The highest BCUT2D eigenvalue weighted by molar-refractivity contribution is 5.99. The van der Waals surface area contributed by atoms with Crippen LogP contribution in [0.25, 0.3) is 0 Å². The first kappa shape index (κ1) is 24.5. The van der Waals surface area contributed by atoms with Gasteiger partial charge in [0, 0.05) is 38.3 Å². The van der Waals surface area contributed by atoms with Gasteiger partial charge in [-0.15, -0.1) is 24.8 Å². The van der Waals surface area contributed by atoms with E-state index in [1.807, 2.05) is 4.90 Å². The third-order valence-corrected chi connectivity index (χ3v) is 5.16. The smallest absolute Gasteiger partial charge is 0.254 e. The molecule has 0 aromatic heterocycles. The summed E-state index contributed by atoms with van der Waals surface area (Å²) in [5, 5.41) is 6.20. The van der Waals surface area contributed by atoms with Crippen LogP contribution in [0.2, 0.25) is 0 Å². The molecule has 1 aromatic carbocycles. The van der Waals surface area contributed by atoms with Crippen LogP contribution in [-0.2, 0) is 4.79 Å². The number of nitrogens with one attached hydrogen (secondary N) is 2. The molecule has 1 aromatic rings. The van der Waals surface area contributed by atoms with Crippen LogP contribution in [0.15, 0.2) is 18.2 Å². The molecule has 3 rings (SSSR count). The molecule has 0 bridgehead atoms. The van der Waals surface area contributed by atoms with Crippen LogP contribution in [0, 0.1) is 5.92 Å². The van der Waals surface area contributed by atoms with Crippen molar-refractivity contribution in [3.05, 3.63) is 23.8 Å². The second-order valence-electron chi connectivity index (χ2n) is 7.04. The fourth-order valence-electron chi connectivity index (χ4n) is 3.44. The minimum atomic E-state index is -0.0505. The van der Waals surface area contributed by atoms with Crippen molar-refractivity contribution in [2.45, 2.75) is 12.8 Å². The SMILES string of the molecule is COc1ccc(C(=O)N2CCN(C)CC2)cc1NC(=O)C1CCCNC1.Cl.Cl. The summed E-state index contributed by atoms with van der Waals surface area (Å²) in [4.78, 5) is 29.4. The average Bonchev–Trinajstić information content (AvgIpc) is 2.68. The Kier molecular flexibility index (Phi) is 10.0. The normalized spacial score (nSPS) is 19.8. The van der Waals surface area contributed by atoms with Crippen LogP contribution >= 0.6 is 24.8 Å². The van der Waals surface area contributed by atoms with Crippen molar-refractivity contribution >= 4 is 42.3 Å². The molecule has 1 unspecified atom stereocenters. The fraction of sp³-hybridized carbons (Fsp3) is 0.579. The molecule has 0 saturated carbocycles. The topological polar surface area (TPSA) is 73.9 Å². The first-order valence-electron chi connectivity index (χ1n) is 9.26. The molecule has 0 spiro atoms. The van der Waals surface area contributed by atoms with Gasteiger partial charge in [-0.3, -0.25) is 9.59 Å². The van der Waals surface area contributed by atoms with Gasteiger partial charge in [0.15, 0.2) is 0 Å². The highest BCUT2D eigenvalue weighted by atomic mass is 35.5. The lowest BCUT2D eigenvalue weighted by Gasteiger charge is -2.32. The van der Waals surface area contributed by atoms with Gasteiger partial charge in [0.1, 0.15) is 5.75 Å². The quantitative estimate of drug-likeness (QED) is 0.759. The zero-order valence-electron chi connectivity index (χ0n) is 16.4. The number of nitrogens with zero attached hydrogens (tertiary/aromatic N) is 2. The van der Waals surface area contributed by atoms with Crippen LogP contribution in [0.4, 0.5) is 5.69 Å². The van der Waals surface area contributed by atoms with Gasteiger partial charge in [0.25, 0.3) is 5.91 Å². The van der Waals surface area contributed by atoms with E-state index in [1.54, 1.807) is 25.3 Å². The van der Waals surface area contributed by atoms with E-state index in [-0.39, 0.29) is 42.5 Å². The van der Waals surface area contributed by atoms with E-state index < -0.39 is 0 Å². The van der Waals surface area contributed by atoms with Gasteiger partial charge < -0.3 is 25.2 Å². The zero-order valence-corrected chi connectivity index (χ0v) is 18.0. The summed E-state index contributed by atoms with van der Waals surface area (Å²) in [5.41, 5.74) is 1.13. The first-order chi connectivity index (χ1) is 12.6. The molecule has 2 amide bonds. The standard InChI is InChI=1S/C19H28N4O3.2ClH/c1-22-8-10-23(11-9-22)19(25)14-5-6-17(26-2)16(12-14)21-18(24)15-4-3-7-20-13-15;;/h5-6,12,15,20H,3-4,7-11,13H2,1-2H3,(H,21,24);2*1H. The number of rotatable bonds is 4. The minimum Gasteiger partial charge on any atom is -0.495 e. The summed E-state index contributed by atoms with van der Waals surface area (Å²) >= 11 is 0. The lowest BCUT2D eigenvalue weighted by atomic mass is 9.98. The molecule has 9 heteroatoms. The number of piperazine rings is 1. The van der Waals surface area contributed by atoms with E-state index in [2.05, 4.69) is 22.6 Å². The lowest BCUT2D eigenvalue weighted by Crippen LogP contribution is -2.47. The van der Waals surface area contributed by atoms with Gasteiger partial charge in [-0.2, -0.15) is 0 Å². The van der Waals surface area contributed by atoms with Crippen molar-refractivity contribution < 1.29 is 14.3 Å². The Bertz CT molecular complexity index is 661. The Morgan fingerprint density at radius 2 is 1.89 bits per heavy atom. The molecule has 1 atom stereocenters. The number of hydrogen-bond acceptors (Lipinski definition) is 5. The maximum atomic E-state index is 12.8. The number of carbonyl (C=O) groups excluding carboxylic acids is 2. The Labute approximate surface area is 179 Å². The molecule has 2 aliphatic heterocycles. The van der Waals surface area contributed by atoms with Gasteiger partial charge in [-0.05, 0) is 44.6 Å². The summed E-state index contributed by atoms with van der Waals surface area (Å²) in [5.74, 6) is 0.484. The maximum Gasteiger partial charge on any atom is 0.254 e. The van der Waals surface area contributed by atoms with E-state index in [0.717, 1.165) is 45.6 Å². The van der Waals surface area contributed by atoms with E-state index in [4.69, 9.17) is 4.74 Å². The maximum absolute atomic E-state index is 12.8. The van der Waals surface area contributed by atoms with Crippen molar-refractivity contribution in [2.75, 3.05) is 58.7 Å². The number of piperidine rings is 1. The van der Waals surface area contributed by atoms with E-state index in [1.165, 1.54) is 0 Å². The van der Waals surface area contributed by atoms with Crippen molar-refractivity contribution in [3.63, 3.8) is 0 Å². The van der Waals surface area contributed by atoms with Gasteiger partial charge >= 0.3 is 0 Å². The monoisotopic (exact) mass is 432 g/mol. The number of halogens is 2. The van der Waals surface area contributed by atoms with Crippen LogP contribution in [-0.4, -0.2) is 75.0 Å². The van der Waals surface area contributed by atoms with Crippen LogP contribution in [0.1, 0.15) is 23.2 Å². The summed E-state index contributed by atoms with van der Waals surface area (Å²) in [6.45, 7) is 4.84. The highest BCUT2D eigenvalue weighted by Gasteiger charge is 2.24. The zero-order chi connectivity index (χ0) is 18.5. The second-order valence-corrected chi connectivity index (χ2v) is 7.04. The Morgan fingerprint density at radius 3 is 2.50 bits per heavy atom. The molecule has 2 aliphatic rings. The predicted octanol–water partition coefficient (Wildman–Crippen LogP) is 1.86. The number of benzene rings is 1. The summed E-state index contributed by atoms with van der Waals surface area (Å²) in [6.07, 6.45) is 1.87. The average molecular weight is 433 g/mol. The number of amides is 2. The van der Waals surface area contributed by atoms with Gasteiger partial charge in [-0.25, -0.2) is 0 Å². The summed E-state index contributed by atoms with van der Waals surface area (Å²) < 4.78 is 5.37. The fourth-order valence-corrected chi connectivity index (χ4v) is 3.44. The van der Waals surface area contributed by atoms with Crippen molar-refractivity contribution in [3.8, 4) is 5.75 Å². The second kappa shape index (κ2) is 11.5.